The third kappa shape index (κ3) is 3.67. The summed E-state index contributed by atoms with van der Waals surface area (Å²) in [5.74, 6) is 0.249. The molecule has 0 bridgehead atoms. The fourth-order valence-corrected chi connectivity index (χ4v) is 3.21. The van der Waals surface area contributed by atoms with Crippen molar-refractivity contribution < 1.29 is 9.21 Å². The summed E-state index contributed by atoms with van der Waals surface area (Å²) in [5.41, 5.74) is 0.257. The van der Waals surface area contributed by atoms with Crippen LogP contribution in [0.15, 0.2) is 39.5 Å². The van der Waals surface area contributed by atoms with Gasteiger partial charge in [-0.25, -0.2) is 0 Å². The number of piperidine rings is 1. The summed E-state index contributed by atoms with van der Waals surface area (Å²) < 4.78 is 5.57. The number of rotatable bonds is 4. The van der Waals surface area contributed by atoms with E-state index in [9.17, 15) is 9.59 Å². The monoisotopic (exact) mass is 328 g/mol. The van der Waals surface area contributed by atoms with Gasteiger partial charge in [-0.1, -0.05) is 12.1 Å². The van der Waals surface area contributed by atoms with Crippen molar-refractivity contribution >= 4 is 16.9 Å². The van der Waals surface area contributed by atoms with Crippen LogP contribution >= 0.6 is 0 Å². The maximum absolute atomic E-state index is 12.3. The highest BCUT2D eigenvalue weighted by molar-refractivity contribution is 5.93. The zero-order chi connectivity index (χ0) is 17.1. The molecule has 0 spiro atoms. The first-order chi connectivity index (χ1) is 11.5. The van der Waals surface area contributed by atoms with Gasteiger partial charge in [0.15, 0.2) is 11.2 Å². The minimum absolute atomic E-state index is 0.0818. The van der Waals surface area contributed by atoms with Crippen LogP contribution in [0.1, 0.15) is 37.2 Å². The Labute approximate surface area is 141 Å². The predicted octanol–water partition coefficient (Wildman–Crippen LogP) is 2.64. The smallest absolute Gasteiger partial charge is 0.287 e. The largest absolute Gasteiger partial charge is 0.451 e. The van der Waals surface area contributed by atoms with E-state index >= 15 is 0 Å². The molecule has 24 heavy (non-hydrogen) atoms. The lowest BCUT2D eigenvalue weighted by Crippen LogP contribution is -2.41. The van der Waals surface area contributed by atoms with Crippen molar-refractivity contribution in [3.8, 4) is 0 Å². The lowest BCUT2D eigenvalue weighted by Gasteiger charge is -2.34. The van der Waals surface area contributed by atoms with Crippen LogP contribution in [-0.4, -0.2) is 36.5 Å². The second-order valence-corrected chi connectivity index (χ2v) is 6.75. The Bertz CT molecular complexity index is 774. The van der Waals surface area contributed by atoms with E-state index in [4.69, 9.17) is 4.42 Å². The first-order valence-electron chi connectivity index (χ1n) is 8.59. The van der Waals surface area contributed by atoms with Crippen molar-refractivity contribution in [3.63, 3.8) is 0 Å². The number of hydrogen-bond acceptors (Lipinski definition) is 4. The fraction of sp³-hybridized carbons (Fsp3) is 0.474. The molecule has 2 heterocycles. The molecule has 0 radical (unpaired) electrons. The Kier molecular flexibility index (Phi) is 5.00. The maximum Gasteiger partial charge on any atom is 0.287 e. The van der Waals surface area contributed by atoms with E-state index in [1.165, 1.54) is 6.07 Å². The summed E-state index contributed by atoms with van der Waals surface area (Å²) in [5, 5.41) is 3.41. The highest BCUT2D eigenvalue weighted by atomic mass is 16.3. The van der Waals surface area contributed by atoms with Gasteiger partial charge < -0.3 is 14.6 Å². The summed E-state index contributed by atoms with van der Waals surface area (Å²) in [6.45, 7) is 7.20. The Balaban J connectivity index is 1.61. The van der Waals surface area contributed by atoms with E-state index in [0.717, 1.165) is 25.9 Å². The van der Waals surface area contributed by atoms with Crippen LogP contribution in [0.25, 0.3) is 11.0 Å². The number of nitrogens with zero attached hydrogens (tertiary/aromatic N) is 1. The zero-order valence-electron chi connectivity index (χ0n) is 14.2. The maximum atomic E-state index is 12.3. The van der Waals surface area contributed by atoms with Crippen LogP contribution in [0.3, 0.4) is 0 Å². The Hall–Kier alpha value is -2.14. The van der Waals surface area contributed by atoms with Crippen LogP contribution in [0.5, 0.6) is 0 Å². The van der Waals surface area contributed by atoms with E-state index < -0.39 is 0 Å². The van der Waals surface area contributed by atoms with Crippen LogP contribution in [0.2, 0.25) is 0 Å². The molecule has 1 amide bonds. The average molecular weight is 328 g/mol. The Morgan fingerprint density at radius 3 is 2.71 bits per heavy atom. The molecule has 1 saturated heterocycles. The molecule has 1 N–H and O–H groups in total. The molecule has 1 fully saturated rings. The molecule has 0 atom stereocenters. The lowest BCUT2D eigenvalue weighted by molar-refractivity contribution is 0.0903. The summed E-state index contributed by atoms with van der Waals surface area (Å²) in [7, 11) is 0. The van der Waals surface area contributed by atoms with E-state index in [-0.39, 0.29) is 17.1 Å². The van der Waals surface area contributed by atoms with Crippen molar-refractivity contribution in [3.05, 3.63) is 46.3 Å². The highest BCUT2D eigenvalue weighted by Crippen LogP contribution is 2.18. The van der Waals surface area contributed by atoms with E-state index in [0.29, 0.717) is 29.5 Å². The van der Waals surface area contributed by atoms with Gasteiger partial charge in [-0.3, -0.25) is 9.59 Å². The molecule has 2 aromatic rings. The van der Waals surface area contributed by atoms with Gasteiger partial charge in [0, 0.05) is 18.7 Å². The molecule has 1 aliphatic rings. The van der Waals surface area contributed by atoms with Crippen LogP contribution < -0.4 is 10.7 Å². The minimum atomic E-state index is -0.316. The van der Waals surface area contributed by atoms with Crippen LogP contribution in [0.4, 0.5) is 0 Å². The van der Waals surface area contributed by atoms with Gasteiger partial charge in [0.05, 0.1) is 5.39 Å². The number of hydrogen-bond donors (Lipinski definition) is 1. The van der Waals surface area contributed by atoms with Crippen molar-refractivity contribution in [2.75, 3.05) is 19.6 Å². The standard InChI is InChI=1S/C19H24N2O3/c1-13(2)21-9-7-14(8-10-21)12-20-19(23)18-11-16(22)15-5-3-4-6-17(15)24-18/h3-6,11,13-14H,7-10,12H2,1-2H3,(H,20,23). The SMILES string of the molecule is CC(C)N1CCC(CNC(=O)c2cc(=O)c3ccccc3o2)CC1. The topological polar surface area (TPSA) is 62.6 Å². The number of benzene rings is 1. The van der Waals surface area contributed by atoms with Crippen molar-refractivity contribution in [1.82, 2.24) is 10.2 Å². The first kappa shape index (κ1) is 16.7. The van der Waals surface area contributed by atoms with Crippen LogP contribution in [0, 0.1) is 5.92 Å². The number of para-hydroxylation sites is 1. The number of amides is 1. The van der Waals surface area contributed by atoms with Gasteiger partial charge in [0.2, 0.25) is 0 Å². The Morgan fingerprint density at radius 2 is 2.00 bits per heavy atom. The van der Waals surface area contributed by atoms with Gasteiger partial charge in [-0.05, 0) is 57.8 Å². The molecular weight excluding hydrogens is 304 g/mol. The average Bonchev–Trinajstić information content (AvgIpc) is 2.60. The first-order valence-corrected chi connectivity index (χ1v) is 8.59. The lowest BCUT2D eigenvalue weighted by atomic mass is 9.96. The molecular formula is C19H24N2O3. The van der Waals surface area contributed by atoms with Crippen LogP contribution in [-0.2, 0) is 0 Å². The summed E-state index contributed by atoms with van der Waals surface area (Å²) in [6, 6.07) is 8.82. The third-order valence-electron chi connectivity index (χ3n) is 4.79. The van der Waals surface area contributed by atoms with E-state index in [1.54, 1.807) is 24.3 Å². The summed E-state index contributed by atoms with van der Waals surface area (Å²) in [4.78, 5) is 26.8. The number of nitrogens with one attached hydrogen (secondary N) is 1. The molecule has 1 aliphatic heterocycles. The molecule has 0 unspecified atom stereocenters. The molecule has 0 saturated carbocycles. The van der Waals surface area contributed by atoms with E-state index in [2.05, 4.69) is 24.1 Å². The molecule has 5 nitrogen and oxygen atoms in total. The molecule has 1 aromatic heterocycles. The van der Waals surface area contributed by atoms with Gasteiger partial charge in [0.25, 0.3) is 5.91 Å². The predicted molar refractivity (Wildman–Crippen MR) is 94.3 cm³/mol. The molecule has 3 rings (SSSR count). The summed E-state index contributed by atoms with van der Waals surface area (Å²) in [6.07, 6.45) is 2.17. The number of likely N-dealkylation sites (tertiary alicyclic amines) is 1. The van der Waals surface area contributed by atoms with Crippen molar-refractivity contribution in [2.45, 2.75) is 32.7 Å². The Morgan fingerprint density at radius 1 is 1.29 bits per heavy atom. The minimum Gasteiger partial charge on any atom is -0.451 e. The van der Waals surface area contributed by atoms with Gasteiger partial charge in [-0.2, -0.15) is 0 Å². The zero-order valence-corrected chi connectivity index (χ0v) is 14.2. The van der Waals surface area contributed by atoms with E-state index in [1.807, 2.05) is 0 Å². The molecule has 128 valence electrons. The number of carbonyl (C=O) groups is 1. The molecule has 5 heteroatoms. The number of fused-ring (bicyclic) bond motifs is 1. The van der Waals surface area contributed by atoms with Gasteiger partial charge >= 0.3 is 0 Å². The second-order valence-electron chi connectivity index (χ2n) is 6.75. The van der Waals surface area contributed by atoms with Gasteiger partial charge in [0.1, 0.15) is 5.58 Å². The van der Waals surface area contributed by atoms with Crippen molar-refractivity contribution in [2.24, 2.45) is 5.92 Å². The number of carbonyl (C=O) groups excluding carboxylic acids is 1. The summed E-state index contributed by atoms with van der Waals surface area (Å²) >= 11 is 0. The third-order valence-corrected chi connectivity index (χ3v) is 4.79. The second kappa shape index (κ2) is 7.18. The molecule has 0 aliphatic carbocycles. The highest BCUT2D eigenvalue weighted by Gasteiger charge is 2.21. The fourth-order valence-electron chi connectivity index (χ4n) is 3.21. The molecule has 1 aromatic carbocycles. The quantitative estimate of drug-likeness (QED) is 0.937. The van der Waals surface area contributed by atoms with Crippen molar-refractivity contribution in [1.29, 1.82) is 0 Å². The normalized spacial score (nSPS) is 16.6. The van der Waals surface area contributed by atoms with Gasteiger partial charge in [-0.15, -0.1) is 0 Å².